The minimum atomic E-state index is -0.898. The SMILES string of the molecule is O=C(O)C1CC1C(=O)N1CCN(C(=O)Cc2ccc(Cl)cc2)CC1. The molecule has 1 saturated heterocycles. The molecule has 128 valence electrons. The van der Waals surface area contributed by atoms with Crippen LogP contribution in [0.3, 0.4) is 0 Å². The number of nitrogens with zero attached hydrogens (tertiary/aromatic N) is 2. The fourth-order valence-electron chi connectivity index (χ4n) is 3.04. The van der Waals surface area contributed by atoms with Gasteiger partial charge in [-0.25, -0.2) is 0 Å². The second-order valence-electron chi connectivity index (χ2n) is 6.30. The van der Waals surface area contributed by atoms with Crippen molar-refractivity contribution in [2.75, 3.05) is 26.2 Å². The van der Waals surface area contributed by atoms with Crippen LogP contribution in [0.15, 0.2) is 24.3 Å². The fourth-order valence-corrected chi connectivity index (χ4v) is 3.17. The van der Waals surface area contributed by atoms with E-state index in [1.54, 1.807) is 21.9 Å². The smallest absolute Gasteiger partial charge is 0.307 e. The predicted octanol–water partition coefficient (Wildman–Crippen LogP) is 1.27. The summed E-state index contributed by atoms with van der Waals surface area (Å²) in [6.45, 7) is 1.91. The van der Waals surface area contributed by atoms with Crippen molar-refractivity contribution < 1.29 is 19.5 Å². The molecule has 1 saturated carbocycles. The summed E-state index contributed by atoms with van der Waals surface area (Å²) >= 11 is 5.83. The molecule has 6 nitrogen and oxygen atoms in total. The van der Waals surface area contributed by atoms with E-state index < -0.39 is 11.9 Å². The van der Waals surface area contributed by atoms with Crippen molar-refractivity contribution in [2.45, 2.75) is 12.8 Å². The van der Waals surface area contributed by atoms with E-state index in [1.807, 2.05) is 12.1 Å². The largest absolute Gasteiger partial charge is 0.481 e. The standard InChI is InChI=1S/C17H19ClN2O4/c18-12-3-1-11(2-4-12)9-15(21)19-5-7-20(8-6-19)16(22)13-10-14(13)17(23)24/h1-4,13-14H,5-10H2,(H,23,24). The zero-order valence-electron chi connectivity index (χ0n) is 13.2. The second-order valence-corrected chi connectivity index (χ2v) is 6.73. The number of rotatable bonds is 4. The number of aliphatic carboxylic acids is 1. The Labute approximate surface area is 145 Å². The van der Waals surface area contributed by atoms with Gasteiger partial charge in [-0.15, -0.1) is 0 Å². The molecule has 0 spiro atoms. The predicted molar refractivity (Wildman–Crippen MR) is 87.5 cm³/mol. The topological polar surface area (TPSA) is 77.9 Å². The zero-order valence-corrected chi connectivity index (χ0v) is 13.9. The van der Waals surface area contributed by atoms with Crippen molar-refractivity contribution in [2.24, 2.45) is 11.8 Å². The van der Waals surface area contributed by atoms with E-state index in [-0.39, 0.29) is 17.7 Å². The van der Waals surface area contributed by atoms with E-state index in [2.05, 4.69) is 0 Å². The van der Waals surface area contributed by atoms with Crippen LogP contribution in [0.1, 0.15) is 12.0 Å². The monoisotopic (exact) mass is 350 g/mol. The molecular formula is C17H19ClN2O4. The number of halogens is 1. The summed E-state index contributed by atoms with van der Waals surface area (Å²) in [4.78, 5) is 38.8. The molecule has 0 radical (unpaired) electrons. The van der Waals surface area contributed by atoms with Gasteiger partial charge in [-0.1, -0.05) is 23.7 Å². The van der Waals surface area contributed by atoms with E-state index in [0.29, 0.717) is 44.0 Å². The van der Waals surface area contributed by atoms with Gasteiger partial charge in [0.2, 0.25) is 11.8 Å². The van der Waals surface area contributed by atoms with Gasteiger partial charge in [0.25, 0.3) is 0 Å². The Morgan fingerprint density at radius 1 is 1.00 bits per heavy atom. The molecule has 1 aliphatic heterocycles. The first kappa shape index (κ1) is 16.8. The van der Waals surface area contributed by atoms with Gasteiger partial charge in [-0.3, -0.25) is 14.4 Å². The molecule has 1 N–H and O–H groups in total. The number of carbonyl (C=O) groups is 3. The zero-order chi connectivity index (χ0) is 17.3. The van der Waals surface area contributed by atoms with Gasteiger partial charge < -0.3 is 14.9 Å². The number of carbonyl (C=O) groups excluding carboxylic acids is 2. The fraction of sp³-hybridized carbons (Fsp3) is 0.471. The molecule has 7 heteroatoms. The van der Waals surface area contributed by atoms with Crippen LogP contribution in [-0.4, -0.2) is 58.9 Å². The summed E-state index contributed by atoms with van der Waals surface area (Å²) < 4.78 is 0. The maximum Gasteiger partial charge on any atom is 0.307 e. The first-order valence-corrected chi connectivity index (χ1v) is 8.37. The molecule has 3 rings (SSSR count). The second kappa shape index (κ2) is 6.81. The molecule has 2 unspecified atom stereocenters. The molecule has 1 aromatic carbocycles. The van der Waals surface area contributed by atoms with Gasteiger partial charge in [0.1, 0.15) is 0 Å². The van der Waals surface area contributed by atoms with E-state index in [0.717, 1.165) is 5.56 Å². The minimum Gasteiger partial charge on any atom is -0.481 e. The van der Waals surface area contributed by atoms with Crippen molar-refractivity contribution >= 4 is 29.4 Å². The van der Waals surface area contributed by atoms with E-state index in [1.165, 1.54) is 0 Å². The number of piperazine rings is 1. The summed E-state index contributed by atoms with van der Waals surface area (Å²) in [6, 6.07) is 7.18. The lowest BCUT2D eigenvalue weighted by atomic mass is 10.1. The lowest BCUT2D eigenvalue weighted by Crippen LogP contribution is -2.51. The van der Waals surface area contributed by atoms with Crippen molar-refractivity contribution in [3.8, 4) is 0 Å². The van der Waals surface area contributed by atoms with Gasteiger partial charge in [-0.2, -0.15) is 0 Å². The van der Waals surface area contributed by atoms with Gasteiger partial charge in [0, 0.05) is 31.2 Å². The summed E-state index contributed by atoms with van der Waals surface area (Å²) in [5, 5.41) is 9.55. The van der Waals surface area contributed by atoms with Crippen LogP contribution in [0, 0.1) is 11.8 Å². The van der Waals surface area contributed by atoms with Gasteiger partial charge in [0.05, 0.1) is 18.3 Å². The van der Waals surface area contributed by atoms with Crippen LogP contribution < -0.4 is 0 Å². The molecule has 2 fully saturated rings. The molecule has 24 heavy (non-hydrogen) atoms. The molecule has 0 bridgehead atoms. The molecule has 2 amide bonds. The maximum atomic E-state index is 12.3. The molecular weight excluding hydrogens is 332 g/mol. The van der Waals surface area contributed by atoms with Crippen LogP contribution in [-0.2, 0) is 20.8 Å². The summed E-state index contributed by atoms with van der Waals surface area (Å²) in [5.41, 5.74) is 0.908. The maximum absolute atomic E-state index is 12.3. The number of hydrogen-bond acceptors (Lipinski definition) is 3. The Kier molecular flexibility index (Phi) is 4.76. The van der Waals surface area contributed by atoms with Crippen molar-refractivity contribution in [3.05, 3.63) is 34.9 Å². The Balaban J connectivity index is 1.48. The normalized spacial score (nSPS) is 23.0. The molecule has 0 aromatic heterocycles. The highest BCUT2D eigenvalue weighted by Crippen LogP contribution is 2.40. The average Bonchev–Trinajstić information content (AvgIpc) is 3.37. The Hall–Kier alpha value is -2.08. The minimum absolute atomic E-state index is 0.0271. The van der Waals surface area contributed by atoms with Crippen LogP contribution in [0.25, 0.3) is 0 Å². The van der Waals surface area contributed by atoms with Crippen molar-refractivity contribution in [3.63, 3.8) is 0 Å². The molecule has 1 aliphatic carbocycles. The lowest BCUT2D eigenvalue weighted by Gasteiger charge is -2.35. The Morgan fingerprint density at radius 3 is 2.12 bits per heavy atom. The number of benzene rings is 1. The van der Waals surface area contributed by atoms with Crippen molar-refractivity contribution in [1.29, 1.82) is 0 Å². The van der Waals surface area contributed by atoms with E-state index >= 15 is 0 Å². The van der Waals surface area contributed by atoms with Gasteiger partial charge >= 0.3 is 5.97 Å². The van der Waals surface area contributed by atoms with Crippen LogP contribution >= 0.6 is 11.6 Å². The highest BCUT2D eigenvalue weighted by Gasteiger charge is 2.50. The van der Waals surface area contributed by atoms with Gasteiger partial charge in [-0.05, 0) is 24.1 Å². The quantitative estimate of drug-likeness (QED) is 0.887. The highest BCUT2D eigenvalue weighted by atomic mass is 35.5. The van der Waals surface area contributed by atoms with Gasteiger partial charge in [0.15, 0.2) is 0 Å². The molecule has 2 atom stereocenters. The summed E-state index contributed by atoms with van der Waals surface area (Å²) in [6.07, 6.45) is 0.749. The highest BCUT2D eigenvalue weighted by molar-refractivity contribution is 6.30. The Morgan fingerprint density at radius 2 is 1.58 bits per heavy atom. The first-order chi connectivity index (χ1) is 11.5. The molecule has 2 aliphatic rings. The number of amides is 2. The average molecular weight is 351 g/mol. The number of hydrogen-bond donors (Lipinski definition) is 1. The van der Waals surface area contributed by atoms with E-state index in [9.17, 15) is 14.4 Å². The summed E-state index contributed by atoms with van der Waals surface area (Å²) in [7, 11) is 0. The van der Waals surface area contributed by atoms with Crippen LogP contribution in [0.2, 0.25) is 5.02 Å². The third kappa shape index (κ3) is 3.70. The third-order valence-electron chi connectivity index (χ3n) is 4.64. The first-order valence-electron chi connectivity index (χ1n) is 7.99. The Bertz CT molecular complexity index is 653. The molecule has 1 aromatic rings. The number of carboxylic acid groups (broad SMARTS) is 1. The van der Waals surface area contributed by atoms with E-state index in [4.69, 9.17) is 16.7 Å². The third-order valence-corrected chi connectivity index (χ3v) is 4.89. The molecule has 1 heterocycles. The lowest BCUT2D eigenvalue weighted by molar-refractivity contribution is -0.143. The summed E-state index contributed by atoms with van der Waals surface area (Å²) in [5.74, 6) is -1.86. The number of carboxylic acids is 1. The van der Waals surface area contributed by atoms with Crippen molar-refractivity contribution in [1.82, 2.24) is 9.80 Å². The van der Waals surface area contributed by atoms with Crippen LogP contribution in [0.4, 0.5) is 0 Å². The van der Waals surface area contributed by atoms with Crippen LogP contribution in [0.5, 0.6) is 0 Å².